The summed E-state index contributed by atoms with van der Waals surface area (Å²) in [6.45, 7) is 1.76. The summed E-state index contributed by atoms with van der Waals surface area (Å²) in [4.78, 5) is 29.1. The van der Waals surface area contributed by atoms with Crippen molar-refractivity contribution >= 4 is 40.3 Å². The number of hydrogen-bond acceptors (Lipinski definition) is 7. The molecule has 2 aromatic rings. The SMILES string of the molecule is CCOC(=O)C1C(c2ccc(Cl)cc2)C(C#N)C(SCC(N)=O)=NC1(O)c1ccccc1. The number of thioether (sulfide) groups is 1. The summed E-state index contributed by atoms with van der Waals surface area (Å²) < 4.78 is 5.32. The highest BCUT2D eigenvalue weighted by Crippen LogP contribution is 2.50. The summed E-state index contributed by atoms with van der Waals surface area (Å²) in [5.41, 5.74) is 4.26. The Labute approximate surface area is 195 Å². The van der Waals surface area contributed by atoms with Crippen molar-refractivity contribution in [3.05, 3.63) is 70.7 Å². The number of hydrogen-bond donors (Lipinski definition) is 2. The molecule has 1 amide bonds. The van der Waals surface area contributed by atoms with E-state index in [0.29, 0.717) is 16.1 Å². The molecule has 4 atom stereocenters. The number of nitriles is 1. The van der Waals surface area contributed by atoms with Crippen molar-refractivity contribution in [1.29, 1.82) is 5.26 Å². The average molecular weight is 472 g/mol. The number of rotatable bonds is 6. The van der Waals surface area contributed by atoms with Crippen LogP contribution in [0, 0.1) is 23.2 Å². The first-order chi connectivity index (χ1) is 15.3. The lowest BCUT2D eigenvalue weighted by atomic mass is 9.69. The number of benzene rings is 2. The number of carbonyl (C=O) groups excluding carboxylic acids is 2. The summed E-state index contributed by atoms with van der Waals surface area (Å²) >= 11 is 7.03. The van der Waals surface area contributed by atoms with Gasteiger partial charge in [-0.3, -0.25) is 9.59 Å². The van der Waals surface area contributed by atoms with Crippen LogP contribution in [0.1, 0.15) is 24.0 Å². The van der Waals surface area contributed by atoms with Gasteiger partial charge in [0.05, 0.1) is 23.5 Å². The molecular weight excluding hydrogens is 450 g/mol. The van der Waals surface area contributed by atoms with E-state index in [2.05, 4.69) is 11.1 Å². The molecule has 0 aliphatic carbocycles. The van der Waals surface area contributed by atoms with Gasteiger partial charge in [-0.1, -0.05) is 65.8 Å². The number of primary amides is 1. The molecule has 0 radical (unpaired) electrons. The molecule has 7 nitrogen and oxygen atoms in total. The van der Waals surface area contributed by atoms with Gasteiger partial charge in [-0.2, -0.15) is 5.26 Å². The lowest BCUT2D eigenvalue weighted by Crippen LogP contribution is -2.50. The number of aliphatic hydroxyl groups is 1. The molecule has 4 unspecified atom stereocenters. The van der Waals surface area contributed by atoms with Crippen LogP contribution < -0.4 is 5.73 Å². The summed E-state index contributed by atoms with van der Waals surface area (Å²) in [5, 5.41) is 22.7. The highest BCUT2D eigenvalue weighted by Gasteiger charge is 2.56. The zero-order valence-electron chi connectivity index (χ0n) is 17.3. The second kappa shape index (κ2) is 10.2. The van der Waals surface area contributed by atoms with Crippen LogP contribution in [0.25, 0.3) is 0 Å². The van der Waals surface area contributed by atoms with Crippen LogP contribution in [0.5, 0.6) is 0 Å². The lowest BCUT2D eigenvalue weighted by molar-refractivity contribution is -0.162. The van der Waals surface area contributed by atoms with Crippen molar-refractivity contribution in [1.82, 2.24) is 0 Å². The zero-order chi connectivity index (χ0) is 23.3. The molecule has 0 bridgehead atoms. The number of nitrogens with two attached hydrogens (primary N) is 1. The number of aliphatic imine (C=N–C) groups is 1. The predicted octanol–water partition coefficient (Wildman–Crippen LogP) is 3.22. The topological polar surface area (TPSA) is 126 Å². The summed E-state index contributed by atoms with van der Waals surface area (Å²) in [6.07, 6.45) is 0. The standard InChI is InChI=1S/C23H22ClN3O4S/c1-2-31-22(29)20-19(14-8-10-16(24)11-9-14)17(12-25)21(32-13-18(26)28)27-23(20,30)15-6-4-3-5-7-15/h3-11,17,19-20,30H,2,13H2,1H3,(H2,26,28). The first-order valence-electron chi connectivity index (χ1n) is 9.92. The Kier molecular flexibility index (Phi) is 7.56. The fourth-order valence-electron chi connectivity index (χ4n) is 3.85. The van der Waals surface area contributed by atoms with Gasteiger partial charge in [0.2, 0.25) is 5.91 Å². The Morgan fingerprint density at radius 3 is 2.47 bits per heavy atom. The number of esters is 1. The van der Waals surface area contributed by atoms with Crippen LogP contribution in [-0.2, 0) is 20.1 Å². The van der Waals surface area contributed by atoms with Crippen LogP contribution in [0.3, 0.4) is 0 Å². The number of nitrogens with zero attached hydrogens (tertiary/aromatic N) is 2. The van der Waals surface area contributed by atoms with Gasteiger partial charge in [0.1, 0.15) is 11.8 Å². The van der Waals surface area contributed by atoms with E-state index < -0.39 is 35.4 Å². The number of ether oxygens (including phenoxy) is 1. The molecule has 1 aliphatic heterocycles. The highest BCUT2D eigenvalue weighted by molar-refractivity contribution is 8.14. The van der Waals surface area contributed by atoms with E-state index >= 15 is 0 Å². The number of halogens is 1. The van der Waals surface area contributed by atoms with Gasteiger partial charge < -0.3 is 15.6 Å². The zero-order valence-corrected chi connectivity index (χ0v) is 18.8. The van der Waals surface area contributed by atoms with Gasteiger partial charge in [-0.15, -0.1) is 0 Å². The van der Waals surface area contributed by atoms with Crippen molar-refractivity contribution in [2.45, 2.75) is 18.6 Å². The van der Waals surface area contributed by atoms with Crippen molar-refractivity contribution in [2.75, 3.05) is 12.4 Å². The molecule has 166 valence electrons. The van der Waals surface area contributed by atoms with E-state index in [1.165, 1.54) is 0 Å². The smallest absolute Gasteiger partial charge is 0.314 e. The molecule has 0 fully saturated rings. The molecule has 32 heavy (non-hydrogen) atoms. The third kappa shape index (κ3) is 4.80. The third-order valence-corrected chi connectivity index (χ3v) is 6.52. The molecule has 3 N–H and O–H groups in total. The number of amides is 1. The fourth-order valence-corrected chi connectivity index (χ4v) is 4.85. The molecule has 0 saturated heterocycles. The first-order valence-corrected chi connectivity index (χ1v) is 11.3. The Morgan fingerprint density at radius 2 is 1.91 bits per heavy atom. The number of carbonyl (C=O) groups is 2. The van der Waals surface area contributed by atoms with E-state index in [1.807, 2.05) is 0 Å². The van der Waals surface area contributed by atoms with Gasteiger partial charge in [-0.05, 0) is 24.6 Å². The van der Waals surface area contributed by atoms with E-state index in [-0.39, 0.29) is 17.4 Å². The van der Waals surface area contributed by atoms with E-state index in [0.717, 1.165) is 11.8 Å². The van der Waals surface area contributed by atoms with Crippen molar-refractivity contribution < 1.29 is 19.4 Å². The third-order valence-electron chi connectivity index (χ3n) is 5.19. The van der Waals surface area contributed by atoms with Crippen molar-refractivity contribution in [2.24, 2.45) is 22.6 Å². The molecule has 1 heterocycles. The minimum absolute atomic E-state index is 0.0950. The largest absolute Gasteiger partial charge is 0.466 e. The Balaban J connectivity index is 2.27. The normalized spacial score (nSPS) is 24.8. The van der Waals surface area contributed by atoms with Crippen LogP contribution in [0.4, 0.5) is 0 Å². The second-order valence-corrected chi connectivity index (χ2v) is 8.64. The maximum absolute atomic E-state index is 13.2. The molecule has 2 aromatic carbocycles. The molecule has 0 saturated carbocycles. The van der Waals surface area contributed by atoms with Crippen LogP contribution >= 0.6 is 23.4 Å². The Bertz CT molecular complexity index is 1060. The molecule has 9 heteroatoms. The predicted molar refractivity (Wildman–Crippen MR) is 123 cm³/mol. The van der Waals surface area contributed by atoms with Crippen LogP contribution in [0.2, 0.25) is 5.02 Å². The van der Waals surface area contributed by atoms with Gasteiger partial charge in [0.25, 0.3) is 0 Å². The molecule has 1 aliphatic rings. The van der Waals surface area contributed by atoms with Crippen LogP contribution in [-0.4, -0.2) is 34.4 Å². The first kappa shape index (κ1) is 23.8. The van der Waals surface area contributed by atoms with Crippen molar-refractivity contribution in [3.8, 4) is 6.07 Å². The molecule has 0 spiro atoms. The Morgan fingerprint density at radius 1 is 1.25 bits per heavy atom. The summed E-state index contributed by atoms with van der Waals surface area (Å²) in [5.74, 6) is -4.34. The molecule has 0 aromatic heterocycles. The maximum atomic E-state index is 13.2. The van der Waals surface area contributed by atoms with Gasteiger partial charge >= 0.3 is 5.97 Å². The van der Waals surface area contributed by atoms with Gasteiger partial charge in [0, 0.05) is 16.5 Å². The second-order valence-electron chi connectivity index (χ2n) is 7.21. The van der Waals surface area contributed by atoms with E-state index in [1.54, 1.807) is 61.5 Å². The van der Waals surface area contributed by atoms with Gasteiger partial charge in [-0.25, -0.2) is 4.99 Å². The molecule has 3 rings (SSSR count). The minimum Gasteiger partial charge on any atom is -0.466 e. The molecular formula is C23H22ClN3O4S. The van der Waals surface area contributed by atoms with Gasteiger partial charge in [0.15, 0.2) is 5.72 Å². The Hall–Kier alpha value is -2.86. The minimum atomic E-state index is -2.02. The summed E-state index contributed by atoms with van der Waals surface area (Å²) in [7, 11) is 0. The van der Waals surface area contributed by atoms with E-state index in [9.17, 15) is 20.0 Å². The quantitative estimate of drug-likeness (QED) is 0.623. The van der Waals surface area contributed by atoms with Crippen LogP contribution in [0.15, 0.2) is 59.6 Å². The summed E-state index contributed by atoms with van der Waals surface area (Å²) in [6, 6.07) is 17.4. The van der Waals surface area contributed by atoms with E-state index in [4.69, 9.17) is 22.1 Å². The van der Waals surface area contributed by atoms with Crippen molar-refractivity contribution in [3.63, 3.8) is 0 Å². The average Bonchev–Trinajstić information content (AvgIpc) is 2.78. The fraction of sp³-hybridized carbons (Fsp3) is 0.304. The maximum Gasteiger partial charge on any atom is 0.314 e. The lowest BCUT2D eigenvalue weighted by Gasteiger charge is -2.43. The monoisotopic (exact) mass is 471 g/mol. The highest BCUT2D eigenvalue weighted by atomic mass is 35.5.